The molecule has 0 saturated heterocycles. The van der Waals surface area contributed by atoms with Crippen LogP contribution >= 0.6 is 11.8 Å². The molecule has 2 rings (SSSR count). The molecule has 0 aliphatic heterocycles. The van der Waals surface area contributed by atoms with Gasteiger partial charge in [-0.15, -0.1) is 0 Å². The van der Waals surface area contributed by atoms with Crippen LogP contribution < -0.4 is 14.8 Å². The Morgan fingerprint density at radius 2 is 2.00 bits per heavy atom. The second-order valence-corrected chi connectivity index (χ2v) is 7.26. The maximum atomic E-state index is 11.9. The van der Waals surface area contributed by atoms with E-state index in [-0.39, 0.29) is 5.91 Å². The van der Waals surface area contributed by atoms with Crippen molar-refractivity contribution in [2.24, 2.45) is 0 Å². The minimum absolute atomic E-state index is 0.0493. The third-order valence-electron chi connectivity index (χ3n) is 3.89. The van der Waals surface area contributed by atoms with E-state index in [1.54, 1.807) is 18.9 Å². The molecule has 2 aromatic rings. The number of hydrogen-bond donors (Lipinski definition) is 1. The van der Waals surface area contributed by atoms with Gasteiger partial charge < -0.3 is 14.8 Å². The van der Waals surface area contributed by atoms with Crippen molar-refractivity contribution in [2.45, 2.75) is 26.8 Å². The highest BCUT2D eigenvalue weighted by atomic mass is 32.2. The zero-order valence-corrected chi connectivity index (χ0v) is 16.5. The Hall–Kier alpha value is -2.14. The molecule has 0 atom stereocenters. The summed E-state index contributed by atoms with van der Waals surface area (Å²) in [6, 6.07) is 13.9. The first-order chi connectivity index (χ1) is 12.6. The van der Waals surface area contributed by atoms with Crippen LogP contribution in [0, 0.1) is 13.8 Å². The highest BCUT2D eigenvalue weighted by molar-refractivity contribution is 7.99. The van der Waals surface area contributed by atoms with E-state index < -0.39 is 0 Å². The molecule has 0 unspecified atom stereocenters. The van der Waals surface area contributed by atoms with E-state index in [2.05, 4.69) is 37.4 Å². The minimum atomic E-state index is 0.0493. The molecule has 1 N–H and O–H groups in total. The van der Waals surface area contributed by atoms with Gasteiger partial charge in [-0.05, 0) is 60.9 Å². The normalized spacial score (nSPS) is 10.4. The zero-order chi connectivity index (χ0) is 18.8. The first-order valence-corrected chi connectivity index (χ1v) is 9.91. The van der Waals surface area contributed by atoms with Crippen molar-refractivity contribution in [1.29, 1.82) is 0 Å². The summed E-state index contributed by atoms with van der Waals surface area (Å²) in [5.74, 6) is 3.17. The Labute approximate surface area is 160 Å². The maximum absolute atomic E-state index is 11.9. The van der Waals surface area contributed by atoms with E-state index in [0.29, 0.717) is 18.9 Å². The van der Waals surface area contributed by atoms with Crippen molar-refractivity contribution in [1.82, 2.24) is 5.32 Å². The second-order valence-electron chi connectivity index (χ2n) is 6.15. The summed E-state index contributed by atoms with van der Waals surface area (Å²) in [5.41, 5.74) is 3.39. The lowest BCUT2D eigenvalue weighted by Crippen LogP contribution is -2.24. The number of amides is 1. The summed E-state index contributed by atoms with van der Waals surface area (Å²) in [4.78, 5) is 11.9. The van der Waals surface area contributed by atoms with Gasteiger partial charge in [0.15, 0.2) is 0 Å². The van der Waals surface area contributed by atoms with E-state index in [0.717, 1.165) is 34.8 Å². The van der Waals surface area contributed by atoms with Gasteiger partial charge in [0.2, 0.25) is 5.91 Å². The Morgan fingerprint density at radius 1 is 1.15 bits per heavy atom. The molecule has 0 aliphatic carbocycles. The largest absolute Gasteiger partial charge is 0.497 e. The molecule has 1 amide bonds. The third-order valence-corrected chi connectivity index (χ3v) is 4.93. The SMILES string of the molecule is COc1cccc(CNC(=O)CSCCCOc2cc(C)ccc2C)c1. The molecule has 0 spiro atoms. The van der Waals surface area contributed by atoms with Gasteiger partial charge in [-0.25, -0.2) is 0 Å². The number of carbonyl (C=O) groups is 1. The van der Waals surface area contributed by atoms with Crippen molar-refractivity contribution in [3.8, 4) is 11.5 Å². The summed E-state index contributed by atoms with van der Waals surface area (Å²) >= 11 is 1.63. The van der Waals surface area contributed by atoms with Crippen LogP contribution in [-0.4, -0.2) is 31.1 Å². The van der Waals surface area contributed by atoms with Gasteiger partial charge in [-0.2, -0.15) is 11.8 Å². The molecule has 0 heterocycles. The highest BCUT2D eigenvalue weighted by Crippen LogP contribution is 2.19. The average Bonchev–Trinajstić information content (AvgIpc) is 2.65. The average molecular weight is 374 g/mol. The first kappa shape index (κ1) is 20.2. The Morgan fingerprint density at radius 3 is 2.81 bits per heavy atom. The Kier molecular flexibility index (Phi) is 8.35. The quantitative estimate of drug-likeness (QED) is 0.636. The fraction of sp³-hybridized carbons (Fsp3) is 0.381. The number of methoxy groups -OCH3 is 1. The minimum Gasteiger partial charge on any atom is -0.497 e. The lowest BCUT2D eigenvalue weighted by Gasteiger charge is -2.10. The number of nitrogens with one attached hydrogen (secondary N) is 1. The monoisotopic (exact) mass is 373 g/mol. The Balaban J connectivity index is 1.57. The zero-order valence-electron chi connectivity index (χ0n) is 15.7. The van der Waals surface area contributed by atoms with E-state index >= 15 is 0 Å². The van der Waals surface area contributed by atoms with E-state index in [9.17, 15) is 4.79 Å². The van der Waals surface area contributed by atoms with Crippen molar-refractivity contribution in [2.75, 3.05) is 25.2 Å². The van der Waals surface area contributed by atoms with Crippen LogP contribution in [0.15, 0.2) is 42.5 Å². The number of thioether (sulfide) groups is 1. The molecule has 4 nitrogen and oxygen atoms in total. The van der Waals surface area contributed by atoms with Crippen molar-refractivity contribution >= 4 is 17.7 Å². The predicted molar refractivity (Wildman–Crippen MR) is 108 cm³/mol. The van der Waals surface area contributed by atoms with Gasteiger partial charge in [0, 0.05) is 6.54 Å². The molecule has 5 heteroatoms. The van der Waals surface area contributed by atoms with Crippen LogP contribution in [-0.2, 0) is 11.3 Å². The maximum Gasteiger partial charge on any atom is 0.230 e. The van der Waals surface area contributed by atoms with Crippen LogP contribution in [0.25, 0.3) is 0 Å². The van der Waals surface area contributed by atoms with Crippen LogP contribution in [0.3, 0.4) is 0 Å². The van der Waals surface area contributed by atoms with E-state index in [1.165, 1.54) is 5.56 Å². The van der Waals surface area contributed by atoms with E-state index in [4.69, 9.17) is 9.47 Å². The lowest BCUT2D eigenvalue weighted by molar-refractivity contribution is -0.118. The van der Waals surface area contributed by atoms with Crippen LogP contribution in [0.1, 0.15) is 23.1 Å². The summed E-state index contributed by atoms with van der Waals surface area (Å²) < 4.78 is 11.0. The smallest absolute Gasteiger partial charge is 0.230 e. The molecular weight excluding hydrogens is 346 g/mol. The predicted octanol–water partition coefficient (Wildman–Crippen LogP) is 4.13. The molecule has 2 aromatic carbocycles. The first-order valence-electron chi connectivity index (χ1n) is 8.76. The standard InChI is InChI=1S/C21H27NO3S/c1-16-8-9-17(2)20(12-16)25-10-5-11-26-15-21(23)22-14-18-6-4-7-19(13-18)24-3/h4,6-9,12-13H,5,10-11,14-15H2,1-3H3,(H,22,23). The summed E-state index contributed by atoms with van der Waals surface area (Å²) in [6.07, 6.45) is 0.918. The molecular formula is C21H27NO3S. The van der Waals surface area contributed by atoms with Gasteiger partial charge in [0.25, 0.3) is 0 Å². The number of hydrogen-bond acceptors (Lipinski definition) is 4. The van der Waals surface area contributed by atoms with Crippen molar-refractivity contribution in [3.63, 3.8) is 0 Å². The second kappa shape index (κ2) is 10.8. The van der Waals surface area contributed by atoms with Gasteiger partial charge >= 0.3 is 0 Å². The molecule has 140 valence electrons. The number of ether oxygens (including phenoxy) is 2. The number of aryl methyl sites for hydroxylation is 2. The third kappa shape index (κ3) is 7.00. The van der Waals surface area contributed by atoms with Crippen molar-refractivity contribution < 1.29 is 14.3 Å². The van der Waals surface area contributed by atoms with Crippen LogP contribution in [0.5, 0.6) is 11.5 Å². The van der Waals surface area contributed by atoms with Gasteiger partial charge in [0.05, 0.1) is 19.5 Å². The summed E-state index contributed by atoms with van der Waals surface area (Å²) in [6.45, 7) is 5.30. The Bertz CT molecular complexity index is 718. The van der Waals surface area contributed by atoms with Crippen LogP contribution in [0.4, 0.5) is 0 Å². The van der Waals surface area contributed by atoms with Crippen molar-refractivity contribution in [3.05, 3.63) is 59.2 Å². The van der Waals surface area contributed by atoms with Gasteiger partial charge in [0.1, 0.15) is 11.5 Å². The molecule has 0 radical (unpaired) electrons. The van der Waals surface area contributed by atoms with E-state index in [1.807, 2.05) is 24.3 Å². The number of benzene rings is 2. The molecule has 0 aromatic heterocycles. The fourth-order valence-corrected chi connectivity index (χ4v) is 3.16. The number of carbonyl (C=O) groups excluding carboxylic acids is 1. The molecule has 0 saturated carbocycles. The van der Waals surface area contributed by atoms with Gasteiger partial charge in [-0.1, -0.05) is 24.3 Å². The molecule has 26 heavy (non-hydrogen) atoms. The lowest BCUT2D eigenvalue weighted by atomic mass is 10.1. The molecule has 0 aliphatic rings. The summed E-state index contributed by atoms with van der Waals surface area (Å²) in [5, 5.41) is 2.93. The molecule has 0 fully saturated rings. The van der Waals surface area contributed by atoms with Crippen LogP contribution in [0.2, 0.25) is 0 Å². The molecule has 0 bridgehead atoms. The topological polar surface area (TPSA) is 47.6 Å². The summed E-state index contributed by atoms with van der Waals surface area (Å²) in [7, 11) is 1.64. The fourth-order valence-electron chi connectivity index (χ4n) is 2.40. The highest BCUT2D eigenvalue weighted by Gasteiger charge is 2.03. The van der Waals surface area contributed by atoms with Gasteiger partial charge in [-0.3, -0.25) is 4.79 Å². The number of rotatable bonds is 10.